The molecule has 0 spiro atoms. The summed E-state index contributed by atoms with van der Waals surface area (Å²) in [6, 6.07) is -2.08. The summed E-state index contributed by atoms with van der Waals surface area (Å²) in [6.45, 7) is 11.0. The van der Waals surface area contributed by atoms with Gasteiger partial charge in [-0.15, -0.1) is 5.10 Å². The van der Waals surface area contributed by atoms with Gasteiger partial charge in [0.05, 0.1) is 13.2 Å². The van der Waals surface area contributed by atoms with Crippen molar-refractivity contribution in [3.8, 4) is 5.88 Å². The van der Waals surface area contributed by atoms with E-state index in [9.17, 15) is 24.4 Å². The van der Waals surface area contributed by atoms with Gasteiger partial charge in [0.2, 0.25) is 19.3 Å². The quantitative estimate of drug-likeness (QED) is 0.0722. The number of carbonyl (C=O) groups is 2. The molecule has 3 heterocycles. The van der Waals surface area contributed by atoms with Crippen LogP contribution in [0.2, 0.25) is 0 Å². The first-order valence-corrected chi connectivity index (χ1v) is 16.0. The Hall–Kier alpha value is -3.21. The van der Waals surface area contributed by atoms with E-state index < -0.39 is 61.8 Å². The molecule has 0 aliphatic carbocycles. The topological polar surface area (TPSA) is 235 Å². The van der Waals surface area contributed by atoms with Crippen LogP contribution in [-0.2, 0) is 33.1 Å². The summed E-state index contributed by atoms with van der Waals surface area (Å²) in [6.07, 6.45) is 0.986. The van der Waals surface area contributed by atoms with Crippen LogP contribution >= 0.6 is 7.44 Å². The predicted octanol–water partition coefficient (Wildman–Crippen LogP) is 1.48. The lowest BCUT2D eigenvalue weighted by Crippen LogP contribution is -2.44. The molecule has 0 radical (unpaired) electrons. The summed E-state index contributed by atoms with van der Waals surface area (Å²) in [5.41, 5.74) is 5.57. The minimum Gasteiger partial charge on any atom is -0.492 e. The van der Waals surface area contributed by atoms with Crippen LogP contribution in [0.5, 0.6) is 5.88 Å². The fourth-order valence-corrected chi connectivity index (χ4v) is 6.24. The Morgan fingerprint density at radius 1 is 1.19 bits per heavy atom. The van der Waals surface area contributed by atoms with E-state index in [1.165, 1.54) is 19.9 Å². The third-order valence-corrected chi connectivity index (χ3v) is 8.61. The summed E-state index contributed by atoms with van der Waals surface area (Å²) in [7, 11) is -3.92. The molecule has 43 heavy (non-hydrogen) atoms. The number of nitrogens with two attached hydrogens (primary N) is 1. The molecule has 1 aliphatic rings. The third kappa shape index (κ3) is 8.68. The maximum absolute atomic E-state index is 14.2. The van der Waals surface area contributed by atoms with Crippen LogP contribution in [0.25, 0.3) is 11.2 Å². The second-order valence-electron chi connectivity index (χ2n) is 10.2. The van der Waals surface area contributed by atoms with Gasteiger partial charge in [-0.2, -0.15) is 14.6 Å². The van der Waals surface area contributed by atoms with E-state index in [-0.39, 0.29) is 36.7 Å². The van der Waals surface area contributed by atoms with Gasteiger partial charge < -0.3 is 34.9 Å². The first kappa shape index (κ1) is 34.3. The minimum atomic E-state index is -3.92. The van der Waals surface area contributed by atoms with Crippen molar-refractivity contribution in [2.24, 2.45) is 0 Å². The number of hydrogen-bond donors (Lipinski definition) is 5. The molecular formula is C25H41N8O9P. The number of nitrogens with zero attached hydrogens (tertiary/aromatic N) is 5. The highest BCUT2D eigenvalue weighted by Gasteiger charge is 2.49. The molecule has 1 saturated heterocycles. The van der Waals surface area contributed by atoms with Crippen LogP contribution in [0, 0.1) is 0 Å². The van der Waals surface area contributed by atoms with Crippen molar-refractivity contribution in [1.82, 2.24) is 35.1 Å². The summed E-state index contributed by atoms with van der Waals surface area (Å²) < 4.78 is 37.7. The van der Waals surface area contributed by atoms with Gasteiger partial charge in [0.25, 0.3) is 0 Å². The molecule has 0 aromatic carbocycles. The molecule has 6 N–H and O–H groups in total. The van der Waals surface area contributed by atoms with Gasteiger partial charge in [0.15, 0.2) is 23.2 Å². The van der Waals surface area contributed by atoms with E-state index in [0.717, 1.165) is 17.5 Å². The van der Waals surface area contributed by atoms with Crippen LogP contribution in [0.1, 0.15) is 66.0 Å². The number of fused-ring (bicyclic) bond motifs is 1. The van der Waals surface area contributed by atoms with Gasteiger partial charge in [-0.3, -0.25) is 14.2 Å². The normalized spacial score (nSPS) is 21.9. The Balaban J connectivity index is 1.80. The zero-order valence-electron chi connectivity index (χ0n) is 24.8. The van der Waals surface area contributed by atoms with Crippen LogP contribution in [0.4, 0.5) is 5.95 Å². The van der Waals surface area contributed by atoms with Gasteiger partial charge in [-0.05, 0) is 32.8 Å². The highest BCUT2D eigenvalue weighted by atomic mass is 31.2. The zero-order chi connectivity index (χ0) is 31.8. The Morgan fingerprint density at radius 2 is 1.77 bits per heavy atom. The Morgan fingerprint density at radius 3 is 2.30 bits per heavy atom. The van der Waals surface area contributed by atoms with Crippen molar-refractivity contribution in [2.45, 2.75) is 90.0 Å². The molecule has 3 unspecified atom stereocenters. The second kappa shape index (κ2) is 15.0. The molecule has 240 valence electrons. The van der Waals surface area contributed by atoms with Crippen LogP contribution < -0.4 is 15.9 Å². The van der Waals surface area contributed by atoms with Crippen molar-refractivity contribution >= 4 is 36.5 Å². The maximum Gasteiger partial charge on any atom is 0.323 e. The number of nitrogen functional groups attached to an aromatic ring is 1. The first-order valence-electron chi connectivity index (χ1n) is 14.1. The van der Waals surface area contributed by atoms with Gasteiger partial charge >= 0.3 is 11.9 Å². The monoisotopic (exact) mass is 628 g/mol. The van der Waals surface area contributed by atoms with E-state index in [2.05, 4.69) is 37.0 Å². The summed E-state index contributed by atoms with van der Waals surface area (Å²) in [5, 5.41) is 34.1. The standard InChI is InChI=1S/C25H41N8O9P/c1-6-9-11-39-22(36)15(4)30-43(38,31-16(5)23(37)40-12-10-7-2)14-41-25(8-3)13-17(34)21(42-25)33-19-18(29-32-33)20(35)28-24(26)27-19/h8,15-17,21,34H,3,6-7,9-14H2,1-2,4-5H3,(H2,30,31,38)(H3,26,27,28,35)/t15-,16-,17?,21?,25?/m0/s1. The fraction of sp³-hybridized carbons (Fsp3) is 0.680. The fourth-order valence-electron chi connectivity index (χ4n) is 4.15. The number of rotatable bonds is 17. The number of carbonyl (C=O) groups excluding carboxylic acids is 2. The minimum absolute atomic E-state index is 0.00580. The summed E-state index contributed by atoms with van der Waals surface area (Å²) in [5.74, 6) is -3.73. The Labute approximate surface area is 249 Å². The first-order chi connectivity index (χ1) is 20.4. The highest BCUT2D eigenvalue weighted by Crippen LogP contribution is 2.44. The predicted molar refractivity (Wildman–Crippen MR) is 153 cm³/mol. The average molecular weight is 629 g/mol. The largest absolute Gasteiger partial charge is 0.492 e. The molecule has 17 nitrogen and oxygen atoms in total. The molecule has 0 bridgehead atoms. The summed E-state index contributed by atoms with van der Waals surface area (Å²) in [4.78, 5) is 32.7. The van der Waals surface area contributed by atoms with E-state index in [0.29, 0.717) is 12.8 Å². The SMILES string of the molecule is C=CC1(OCP(=O)(N[C@@H](C)C(=O)OCCCC)N[C@@H](C)C(=O)OCCCC)CC(O)C(n2nnc3c(O)nc(N)nc32)O1. The number of hydrogen-bond acceptors (Lipinski definition) is 14. The van der Waals surface area contributed by atoms with Gasteiger partial charge in [0, 0.05) is 6.42 Å². The van der Waals surface area contributed by atoms with E-state index in [1.807, 2.05) is 13.8 Å². The molecule has 2 aromatic rings. The molecule has 0 amide bonds. The van der Waals surface area contributed by atoms with E-state index in [4.69, 9.17) is 24.7 Å². The number of aliphatic hydroxyl groups excluding tert-OH is 1. The third-order valence-electron chi connectivity index (χ3n) is 6.50. The highest BCUT2D eigenvalue weighted by molar-refractivity contribution is 7.59. The Bertz CT molecular complexity index is 1290. The van der Waals surface area contributed by atoms with Gasteiger partial charge in [-0.25, -0.2) is 10.2 Å². The maximum atomic E-state index is 14.2. The molecule has 18 heteroatoms. The number of nitrogens with one attached hydrogen (secondary N) is 2. The second-order valence-corrected chi connectivity index (χ2v) is 12.4. The van der Waals surface area contributed by atoms with Gasteiger partial charge in [0.1, 0.15) is 24.5 Å². The number of aromatic nitrogens is 5. The lowest BCUT2D eigenvalue weighted by molar-refractivity contribution is -0.201. The van der Waals surface area contributed by atoms with Crippen LogP contribution in [-0.4, -0.2) is 90.6 Å². The van der Waals surface area contributed by atoms with E-state index >= 15 is 0 Å². The zero-order valence-corrected chi connectivity index (χ0v) is 25.7. The van der Waals surface area contributed by atoms with Crippen LogP contribution in [0.15, 0.2) is 12.7 Å². The number of ether oxygens (including phenoxy) is 4. The number of unbranched alkanes of at least 4 members (excludes halogenated alkanes) is 2. The number of aromatic hydroxyl groups is 1. The Kier molecular flexibility index (Phi) is 12.0. The smallest absolute Gasteiger partial charge is 0.323 e. The summed E-state index contributed by atoms with van der Waals surface area (Å²) >= 11 is 0. The number of esters is 2. The van der Waals surface area contributed by atoms with Crippen molar-refractivity contribution < 1.29 is 43.3 Å². The molecule has 1 aliphatic heterocycles. The molecule has 2 aromatic heterocycles. The molecular weight excluding hydrogens is 587 g/mol. The lowest BCUT2D eigenvalue weighted by Gasteiger charge is -2.31. The average Bonchev–Trinajstić information content (AvgIpc) is 3.53. The molecule has 5 atom stereocenters. The molecule has 1 fully saturated rings. The van der Waals surface area contributed by atoms with E-state index in [1.54, 1.807) is 0 Å². The van der Waals surface area contributed by atoms with Crippen LogP contribution in [0.3, 0.4) is 0 Å². The van der Waals surface area contributed by atoms with Crippen molar-refractivity contribution in [2.75, 3.05) is 25.3 Å². The van der Waals surface area contributed by atoms with Gasteiger partial charge in [-0.1, -0.05) is 38.5 Å². The van der Waals surface area contributed by atoms with Crippen molar-refractivity contribution in [3.05, 3.63) is 12.7 Å². The number of anilines is 1. The molecule has 3 rings (SSSR count). The number of aliphatic hydroxyl groups is 1. The lowest BCUT2D eigenvalue weighted by atomic mass is 10.1. The molecule has 0 saturated carbocycles. The van der Waals surface area contributed by atoms with Crippen molar-refractivity contribution in [1.29, 1.82) is 0 Å². The van der Waals surface area contributed by atoms with Crippen molar-refractivity contribution in [3.63, 3.8) is 0 Å².